The van der Waals surface area contributed by atoms with Gasteiger partial charge in [-0.05, 0) is 6.42 Å². The standard InChI is InChI=1S/C11H18FN2O13P3/c1-2-11(6-24-29(20,21)27-30(22,23)26-28(17,18)19)5-7(12)9(25-11)14-4-3-8(15)13-10(14)16/h3-4,7,9H,2,5-6H2,1H3,(H,20,21)(H,22,23)(H,13,15,16)(H2,17,18,19)/t7-,9-,11+/m1/s1. The van der Waals surface area contributed by atoms with Crippen molar-refractivity contribution in [3.8, 4) is 0 Å². The Balaban J connectivity index is 2.13. The summed E-state index contributed by atoms with van der Waals surface area (Å²) in [6.07, 6.45) is -2.78. The van der Waals surface area contributed by atoms with Gasteiger partial charge in [-0.25, -0.2) is 22.9 Å². The maximum absolute atomic E-state index is 14.5. The highest BCUT2D eigenvalue weighted by Crippen LogP contribution is 2.66. The van der Waals surface area contributed by atoms with Crippen LogP contribution in [0.15, 0.2) is 21.9 Å². The fourth-order valence-corrected chi connectivity index (χ4v) is 5.71. The van der Waals surface area contributed by atoms with Gasteiger partial charge in [0.2, 0.25) is 0 Å². The van der Waals surface area contributed by atoms with Crippen molar-refractivity contribution < 1.29 is 55.5 Å². The van der Waals surface area contributed by atoms with Gasteiger partial charge < -0.3 is 24.3 Å². The van der Waals surface area contributed by atoms with E-state index in [-0.39, 0.29) is 6.42 Å². The lowest BCUT2D eigenvalue weighted by molar-refractivity contribution is -0.105. The zero-order valence-electron chi connectivity index (χ0n) is 15.1. The third kappa shape index (κ3) is 6.74. The van der Waals surface area contributed by atoms with Crippen molar-refractivity contribution in [2.75, 3.05) is 6.61 Å². The largest absolute Gasteiger partial charge is 0.490 e. The third-order valence-corrected chi connectivity index (χ3v) is 7.71. The average Bonchev–Trinajstić information content (AvgIpc) is 2.87. The molecule has 1 aromatic rings. The molecule has 1 aliphatic rings. The van der Waals surface area contributed by atoms with Gasteiger partial charge in [-0.15, -0.1) is 0 Å². The minimum Gasteiger partial charge on any atom is -0.346 e. The fourth-order valence-electron chi connectivity index (χ4n) is 2.62. The summed E-state index contributed by atoms with van der Waals surface area (Å²) in [6.45, 7) is 0.618. The van der Waals surface area contributed by atoms with E-state index in [4.69, 9.17) is 19.4 Å². The maximum atomic E-state index is 14.5. The summed E-state index contributed by atoms with van der Waals surface area (Å²) in [7, 11) is -16.7. The van der Waals surface area contributed by atoms with Gasteiger partial charge in [0.15, 0.2) is 6.23 Å². The van der Waals surface area contributed by atoms with Crippen molar-refractivity contribution >= 4 is 23.5 Å². The molecule has 1 fully saturated rings. The summed E-state index contributed by atoms with van der Waals surface area (Å²) in [5.74, 6) is 0. The van der Waals surface area contributed by atoms with Gasteiger partial charge in [0.25, 0.3) is 5.56 Å². The van der Waals surface area contributed by atoms with Gasteiger partial charge >= 0.3 is 29.2 Å². The van der Waals surface area contributed by atoms with Crippen LogP contribution in [0.2, 0.25) is 0 Å². The van der Waals surface area contributed by atoms with Crippen molar-refractivity contribution in [3.05, 3.63) is 33.1 Å². The highest BCUT2D eigenvalue weighted by Gasteiger charge is 2.49. The summed E-state index contributed by atoms with van der Waals surface area (Å²) in [5.41, 5.74) is -3.28. The number of ether oxygens (including phenoxy) is 1. The van der Waals surface area contributed by atoms with E-state index in [0.717, 1.165) is 16.8 Å². The molecule has 1 saturated heterocycles. The number of aromatic nitrogens is 2. The summed E-state index contributed by atoms with van der Waals surface area (Å²) < 4.78 is 66.3. The highest BCUT2D eigenvalue weighted by atomic mass is 31.3. The predicted molar refractivity (Wildman–Crippen MR) is 93.8 cm³/mol. The molecule has 2 heterocycles. The first-order valence-electron chi connectivity index (χ1n) is 7.99. The molecule has 1 aromatic heterocycles. The molecule has 172 valence electrons. The van der Waals surface area contributed by atoms with E-state index >= 15 is 0 Å². The van der Waals surface area contributed by atoms with E-state index in [1.165, 1.54) is 6.92 Å². The number of halogens is 1. The topological polar surface area (TPSA) is 224 Å². The van der Waals surface area contributed by atoms with Crippen molar-refractivity contribution in [1.29, 1.82) is 0 Å². The Labute approximate surface area is 166 Å². The number of alkyl halides is 1. The van der Waals surface area contributed by atoms with Crippen molar-refractivity contribution in [1.82, 2.24) is 9.55 Å². The molecule has 1 aliphatic heterocycles. The lowest BCUT2D eigenvalue weighted by atomic mass is 9.97. The van der Waals surface area contributed by atoms with E-state index in [9.17, 15) is 32.6 Å². The zero-order chi connectivity index (χ0) is 23.0. The Kier molecular flexibility index (Phi) is 7.44. The number of phosphoric ester groups is 1. The van der Waals surface area contributed by atoms with Crippen LogP contribution in [0, 0.1) is 0 Å². The number of aromatic amines is 1. The molecule has 0 spiro atoms. The Bertz CT molecular complexity index is 1040. The predicted octanol–water partition coefficient (Wildman–Crippen LogP) is 0.286. The molecule has 2 rings (SSSR count). The van der Waals surface area contributed by atoms with Crippen LogP contribution < -0.4 is 11.2 Å². The van der Waals surface area contributed by atoms with Gasteiger partial charge in [0.1, 0.15) is 6.17 Å². The molecular weight excluding hydrogens is 480 g/mol. The quantitative estimate of drug-likeness (QED) is 0.289. The number of hydrogen-bond donors (Lipinski definition) is 5. The minimum atomic E-state index is -5.71. The summed E-state index contributed by atoms with van der Waals surface area (Å²) in [5, 5.41) is 0. The Morgan fingerprint density at radius 1 is 1.23 bits per heavy atom. The van der Waals surface area contributed by atoms with Crippen LogP contribution >= 0.6 is 23.5 Å². The lowest BCUT2D eigenvalue weighted by Gasteiger charge is -2.28. The third-order valence-electron chi connectivity index (χ3n) is 3.92. The number of nitrogens with one attached hydrogen (secondary N) is 1. The second-order valence-corrected chi connectivity index (χ2v) is 10.6. The Morgan fingerprint density at radius 2 is 1.87 bits per heavy atom. The molecule has 2 unspecified atom stereocenters. The number of nitrogens with zero attached hydrogens (tertiary/aromatic N) is 1. The smallest absolute Gasteiger partial charge is 0.346 e. The first-order valence-corrected chi connectivity index (χ1v) is 12.5. The van der Waals surface area contributed by atoms with Crippen LogP contribution in [-0.2, 0) is 31.6 Å². The second-order valence-electron chi connectivity index (χ2n) is 6.15. The summed E-state index contributed by atoms with van der Waals surface area (Å²) in [4.78, 5) is 60.6. The molecule has 0 saturated carbocycles. The van der Waals surface area contributed by atoms with E-state index in [0.29, 0.717) is 0 Å². The SMILES string of the molecule is CC[C@@]1(COP(=O)(O)OP(=O)(O)OP(=O)(O)O)C[C@@H](F)[C@H](n2ccc(=O)[nH]c2=O)O1. The van der Waals surface area contributed by atoms with E-state index in [1.807, 2.05) is 4.98 Å². The summed E-state index contributed by atoms with van der Waals surface area (Å²) >= 11 is 0. The normalized spacial score (nSPS) is 28.7. The maximum Gasteiger partial charge on any atom is 0.490 e. The molecule has 19 heteroatoms. The lowest BCUT2D eigenvalue weighted by Crippen LogP contribution is -2.36. The molecular formula is C11H18FN2O13P3. The van der Waals surface area contributed by atoms with Crippen LogP contribution in [0.3, 0.4) is 0 Å². The van der Waals surface area contributed by atoms with Crippen LogP contribution in [-0.4, -0.2) is 47.5 Å². The van der Waals surface area contributed by atoms with Crippen LogP contribution in [0.4, 0.5) is 4.39 Å². The monoisotopic (exact) mass is 498 g/mol. The molecule has 0 amide bonds. The minimum absolute atomic E-state index is 0.0161. The molecule has 5 atom stereocenters. The van der Waals surface area contributed by atoms with Gasteiger partial charge in [-0.3, -0.25) is 18.9 Å². The Morgan fingerprint density at radius 3 is 2.40 bits per heavy atom. The van der Waals surface area contributed by atoms with E-state index in [2.05, 4.69) is 13.1 Å². The summed E-state index contributed by atoms with van der Waals surface area (Å²) in [6, 6.07) is 0.954. The van der Waals surface area contributed by atoms with Crippen molar-refractivity contribution in [2.45, 2.75) is 37.8 Å². The molecule has 0 aromatic carbocycles. The molecule has 0 bridgehead atoms. The first kappa shape index (κ1) is 25.2. The highest BCUT2D eigenvalue weighted by molar-refractivity contribution is 7.66. The van der Waals surface area contributed by atoms with E-state index in [1.54, 1.807) is 0 Å². The first-order chi connectivity index (χ1) is 13.6. The Hall–Kier alpha value is -1.02. The van der Waals surface area contributed by atoms with Crippen LogP contribution in [0.1, 0.15) is 26.0 Å². The van der Waals surface area contributed by atoms with Crippen LogP contribution in [0.25, 0.3) is 0 Å². The van der Waals surface area contributed by atoms with E-state index < -0.39 is 65.7 Å². The fraction of sp³-hybridized carbons (Fsp3) is 0.636. The van der Waals surface area contributed by atoms with Gasteiger partial charge in [0, 0.05) is 18.7 Å². The van der Waals surface area contributed by atoms with Gasteiger partial charge in [-0.2, -0.15) is 8.62 Å². The van der Waals surface area contributed by atoms with Crippen molar-refractivity contribution in [2.24, 2.45) is 0 Å². The number of H-pyrrole nitrogens is 1. The number of phosphoric acid groups is 3. The van der Waals surface area contributed by atoms with Crippen LogP contribution in [0.5, 0.6) is 0 Å². The molecule has 30 heavy (non-hydrogen) atoms. The molecule has 5 N–H and O–H groups in total. The molecule has 0 radical (unpaired) electrons. The van der Waals surface area contributed by atoms with Crippen molar-refractivity contribution in [3.63, 3.8) is 0 Å². The molecule has 15 nitrogen and oxygen atoms in total. The molecule has 0 aliphatic carbocycles. The average molecular weight is 498 g/mol. The second kappa shape index (κ2) is 8.85. The number of hydrogen-bond acceptors (Lipinski definition) is 9. The van der Waals surface area contributed by atoms with Gasteiger partial charge in [-0.1, -0.05) is 6.92 Å². The van der Waals surface area contributed by atoms with Gasteiger partial charge in [0.05, 0.1) is 12.2 Å². The number of rotatable bonds is 9. The zero-order valence-corrected chi connectivity index (χ0v) is 17.7.